The van der Waals surface area contributed by atoms with Crippen molar-refractivity contribution in [2.45, 2.75) is 6.92 Å². The van der Waals surface area contributed by atoms with Gasteiger partial charge in [-0.2, -0.15) is 5.10 Å². The maximum absolute atomic E-state index is 12.9. The first-order chi connectivity index (χ1) is 14.0. The Hall–Kier alpha value is -2.71. The Labute approximate surface area is 177 Å². The predicted molar refractivity (Wildman–Crippen MR) is 116 cm³/mol. The molecule has 1 aliphatic rings. The average Bonchev–Trinajstić information content (AvgIpc) is 3.14. The molecule has 1 aliphatic heterocycles. The first-order valence-corrected chi connectivity index (χ1v) is 10.3. The molecule has 0 bridgehead atoms. The number of carbonyl (C=O) groups excluding carboxylic acids is 2. The van der Waals surface area contributed by atoms with E-state index in [9.17, 15) is 9.59 Å². The van der Waals surface area contributed by atoms with Crippen molar-refractivity contribution in [3.05, 3.63) is 58.2 Å². The van der Waals surface area contributed by atoms with Crippen LogP contribution >= 0.6 is 15.9 Å². The minimum Gasteiger partial charge on any atom is -0.335 e. The number of hydrogen-bond donors (Lipinski definition) is 2. The van der Waals surface area contributed by atoms with Crippen LogP contribution in [0, 0.1) is 6.92 Å². The van der Waals surface area contributed by atoms with Crippen LogP contribution in [-0.2, 0) is 4.79 Å². The zero-order valence-electron chi connectivity index (χ0n) is 16.1. The van der Waals surface area contributed by atoms with Crippen molar-refractivity contribution < 1.29 is 9.59 Å². The van der Waals surface area contributed by atoms with E-state index < -0.39 is 0 Å². The van der Waals surface area contributed by atoms with Crippen LogP contribution in [0.15, 0.2) is 46.9 Å². The lowest BCUT2D eigenvalue weighted by atomic mass is 10.2. The number of piperazine rings is 1. The molecule has 2 aromatic carbocycles. The number of para-hydroxylation sites is 1. The standard InChI is InChI=1S/C21H22BrN5O2/c1-14-12-15(22)6-7-17(14)23-19(28)13-26-8-10-27(11-9-26)21(29)20-16-4-2-3-5-18(16)24-25-20/h2-7,12H,8-11,13H2,1H3,(H,23,28)(H,24,25). The fourth-order valence-corrected chi connectivity index (χ4v) is 4.02. The molecule has 29 heavy (non-hydrogen) atoms. The van der Waals surface area contributed by atoms with Gasteiger partial charge in [0.1, 0.15) is 0 Å². The summed E-state index contributed by atoms with van der Waals surface area (Å²) in [6, 6.07) is 13.4. The van der Waals surface area contributed by atoms with Crippen LogP contribution < -0.4 is 5.32 Å². The van der Waals surface area contributed by atoms with Gasteiger partial charge in [0.15, 0.2) is 5.69 Å². The Morgan fingerprint density at radius 1 is 1.14 bits per heavy atom. The van der Waals surface area contributed by atoms with E-state index in [0.29, 0.717) is 38.4 Å². The number of aromatic amines is 1. The summed E-state index contributed by atoms with van der Waals surface area (Å²) in [5.41, 5.74) is 3.14. The van der Waals surface area contributed by atoms with Gasteiger partial charge in [-0.15, -0.1) is 0 Å². The number of hydrogen-bond acceptors (Lipinski definition) is 4. The lowest BCUT2D eigenvalue weighted by Crippen LogP contribution is -2.50. The largest absolute Gasteiger partial charge is 0.335 e. The van der Waals surface area contributed by atoms with Crippen LogP contribution in [0.2, 0.25) is 0 Å². The van der Waals surface area contributed by atoms with Crippen LogP contribution in [0.3, 0.4) is 0 Å². The molecule has 0 aliphatic carbocycles. The Morgan fingerprint density at radius 2 is 1.90 bits per heavy atom. The van der Waals surface area contributed by atoms with E-state index >= 15 is 0 Å². The molecule has 4 rings (SSSR count). The maximum Gasteiger partial charge on any atom is 0.275 e. The van der Waals surface area contributed by atoms with Gasteiger partial charge in [-0.3, -0.25) is 19.6 Å². The molecule has 150 valence electrons. The summed E-state index contributed by atoms with van der Waals surface area (Å²) < 4.78 is 0.985. The average molecular weight is 456 g/mol. The summed E-state index contributed by atoms with van der Waals surface area (Å²) >= 11 is 3.43. The van der Waals surface area contributed by atoms with Crippen molar-refractivity contribution in [3.63, 3.8) is 0 Å². The second-order valence-corrected chi connectivity index (χ2v) is 8.11. The Kier molecular flexibility index (Phi) is 5.64. The number of benzene rings is 2. The highest BCUT2D eigenvalue weighted by molar-refractivity contribution is 9.10. The van der Waals surface area contributed by atoms with E-state index in [1.807, 2.05) is 49.4 Å². The van der Waals surface area contributed by atoms with Crippen molar-refractivity contribution in [2.75, 3.05) is 38.0 Å². The third-order valence-corrected chi connectivity index (χ3v) is 5.66. The number of rotatable bonds is 4. The second kappa shape index (κ2) is 8.34. The summed E-state index contributed by atoms with van der Waals surface area (Å²) in [5.74, 6) is -0.120. The molecule has 1 fully saturated rings. The molecule has 8 heteroatoms. The highest BCUT2D eigenvalue weighted by Gasteiger charge is 2.26. The van der Waals surface area contributed by atoms with E-state index in [-0.39, 0.29) is 11.8 Å². The smallest absolute Gasteiger partial charge is 0.275 e. The van der Waals surface area contributed by atoms with Gasteiger partial charge < -0.3 is 10.2 Å². The SMILES string of the molecule is Cc1cc(Br)ccc1NC(=O)CN1CCN(C(=O)c2n[nH]c3ccccc23)CC1. The highest BCUT2D eigenvalue weighted by Crippen LogP contribution is 2.20. The number of aryl methyl sites for hydroxylation is 1. The molecule has 0 atom stereocenters. The molecular formula is C21H22BrN5O2. The number of anilines is 1. The summed E-state index contributed by atoms with van der Waals surface area (Å²) in [7, 11) is 0. The van der Waals surface area contributed by atoms with Crippen LogP contribution in [0.25, 0.3) is 10.9 Å². The highest BCUT2D eigenvalue weighted by atomic mass is 79.9. The minimum atomic E-state index is -0.0722. The van der Waals surface area contributed by atoms with Gasteiger partial charge >= 0.3 is 0 Å². The Balaban J connectivity index is 1.32. The Bertz CT molecular complexity index is 1060. The molecule has 1 saturated heterocycles. The number of H-pyrrole nitrogens is 1. The molecule has 0 radical (unpaired) electrons. The van der Waals surface area contributed by atoms with E-state index in [2.05, 4.69) is 36.3 Å². The topological polar surface area (TPSA) is 81.3 Å². The van der Waals surface area contributed by atoms with Gasteiger partial charge in [0, 0.05) is 41.7 Å². The first-order valence-electron chi connectivity index (χ1n) is 9.52. The van der Waals surface area contributed by atoms with Crippen molar-refractivity contribution >= 4 is 44.3 Å². The quantitative estimate of drug-likeness (QED) is 0.633. The monoisotopic (exact) mass is 455 g/mol. The molecule has 2 amide bonds. The summed E-state index contributed by atoms with van der Waals surface area (Å²) in [6.45, 7) is 4.73. The summed E-state index contributed by atoms with van der Waals surface area (Å²) in [6.07, 6.45) is 0. The first kappa shape index (κ1) is 19.6. The van der Waals surface area contributed by atoms with Gasteiger partial charge in [-0.1, -0.05) is 34.1 Å². The molecule has 0 spiro atoms. The van der Waals surface area contributed by atoms with Gasteiger partial charge in [0.2, 0.25) is 5.91 Å². The van der Waals surface area contributed by atoms with Crippen LogP contribution in [0.4, 0.5) is 5.69 Å². The van der Waals surface area contributed by atoms with E-state index in [4.69, 9.17) is 0 Å². The van der Waals surface area contributed by atoms with E-state index in [1.54, 1.807) is 4.90 Å². The van der Waals surface area contributed by atoms with Crippen molar-refractivity contribution in [1.29, 1.82) is 0 Å². The van der Waals surface area contributed by atoms with Crippen LogP contribution in [-0.4, -0.2) is 64.5 Å². The third kappa shape index (κ3) is 4.33. The number of fused-ring (bicyclic) bond motifs is 1. The molecule has 2 heterocycles. The number of nitrogens with one attached hydrogen (secondary N) is 2. The fraction of sp³-hybridized carbons (Fsp3) is 0.286. The van der Waals surface area contributed by atoms with Gasteiger partial charge in [0.05, 0.1) is 12.1 Å². The molecular weight excluding hydrogens is 434 g/mol. The zero-order chi connectivity index (χ0) is 20.4. The molecule has 0 saturated carbocycles. The predicted octanol–water partition coefficient (Wildman–Crippen LogP) is 3.03. The summed E-state index contributed by atoms with van der Waals surface area (Å²) in [4.78, 5) is 29.1. The molecule has 3 aromatic rings. The lowest BCUT2D eigenvalue weighted by molar-refractivity contribution is -0.117. The zero-order valence-corrected chi connectivity index (χ0v) is 17.7. The van der Waals surface area contributed by atoms with Crippen molar-refractivity contribution in [2.24, 2.45) is 0 Å². The third-order valence-electron chi connectivity index (χ3n) is 5.16. The molecule has 0 unspecified atom stereocenters. The van der Waals surface area contributed by atoms with E-state index in [1.165, 1.54) is 0 Å². The van der Waals surface area contributed by atoms with Crippen molar-refractivity contribution in [3.8, 4) is 0 Å². The lowest BCUT2D eigenvalue weighted by Gasteiger charge is -2.34. The number of halogens is 1. The fourth-order valence-electron chi connectivity index (χ4n) is 3.55. The van der Waals surface area contributed by atoms with E-state index in [0.717, 1.165) is 26.6 Å². The second-order valence-electron chi connectivity index (χ2n) is 7.19. The van der Waals surface area contributed by atoms with Gasteiger partial charge in [-0.25, -0.2) is 0 Å². The Morgan fingerprint density at radius 3 is 2.66 bits per heavy atom. The molecule has 7 nitrogen and oxygen atoms in total. The molecule has 2 N–H and O–H groups in total. The number of nitrogens with zero attached hydrogens (tertiary/aromatic N) is 3. The summed E-state index contributed by atoms with van der Waals surface area (Å²) in [5, 5.41) is 10.9. The number of aromatic nitrogens is 2. The van der Waals surface area contributed by atoms with Gasteiger partial charge in [0.25, 0.3) is 5.91 Å². The van der Waals surface area contributed by atoms with Gasteiger partial charge in [-0.05, 0) is 36.8 Å². The number of carbonyl (C=O) groups is 2. The maximum atomic E-state index is 12.9. The van der Waals surface area contributed by atoms with Crippen molar-refractivity contribution in [1.82, 2.24) is 20.0 Å². The van der Waals surface area contributed by atoms with Crippen LogP contribution in [0.5, 0.6) is 0 Å². The number of amides is 2. The molecule has 1 aromatic heterocycles. The minimum absolute atomic E-state index is 0.0477. The van der Waals surface area contributed by atoms with Crippen LogP contribution in [0.1, 0.15) is 16.1 Å². The normalized spacial score (nSPS) is 14.9.